The van der Waals surface area contributed by atoms with Crippen molar-refractivity contribution in [1.82, 2.24) is 9.88 Å². The Balaban J connectivity index is 1.47. The summed E-state index contributed by atoms with van der Waals surface area (Å²) in [7, 11) is -7.23. The van der Waals surface area contributed by atoms with Crippen LogP contribution in [-0.2, 0) is 50.6 Å². The summed E-state index contributed by atoms with van der Waals surface area (Å²) in [6.45, 7) is 9.45. The summed E-state index contributed by atoms with van der Waals surface area (Å²) in [6.07, 6.45) is 1.43. The van der Waals surface area contributed by atoms with Crippen molar-refractivity contribution in [1.29, 1.82) is 0 Å². The normalized spacial score (nSPS) is 15.8. The first kappa shape index (κ1) is 45.6. The molecule has 0 saturated carbocycles. The van der Waals surface area contributed by atoms with Crippen LogP contribution in [0.25, 0.3) is 22.8 Å². The van der Waals surface area contributed by atoms with Gasteiger partial charge in [0.1, 0.15) is 28.3 Å². The van der Waals surface area contributed by atoms with Gasteiger partial charge in [0.25, 0.3) is 0 Å². The topological polar surface area (TPSA) is 183 Å². The summed E-state index contributed by atoms with van der Waals surface area (Å²) in [4.78, 5) is 44.2. The molecule has 15 heteroatoms. The first-order valence-corrected chi connectivity index (χ1v) is 23.7. The lowest BCUT2D eigenvalue weighted by atomic mass is 9.95. The highest BCUT2D eigenvalue weighted by Gasteiger charge is 2.39. The minimum Gasteiger partial charge on any atom is -0.463 e. The van der Waals surface area contributed by atoms with E-state index in [-0.39, 0.29) is 85.7 Å². The van der Waals surface area contributed by atoms with Gasteiger partial charge < -0.3 is 24.7 Å². The predicted molar refractivity (Wildman–Crippen MR) is 245 cm³/mol. The molecule has 3 heterocycles. The predicted octanol–water partition coefficient (Wildman–Crippen LogP) is 7.99. The molecule has 1 saturated heterocycles. The van der Waals surface area contributed by atoms with Gasteiger partial charge in [0.15, 0.2) is 5.84 Å². The molecule has 0 bridgehead atoms. The van der Waals surface area contributed by atoms with E-state index in [0.717, 1.165) is 11.1 Å². The number of nitrogens with one attached hydrogen (secondary N) is 2. The number of carbonyl (C=O) groups is 3. The van der Waals surface area contributed by atoms with E-state index in [1.807, 2.05) is 13.8 Å². The van der Waals surface area contributed by atoms with Gasteiger partial charge in [0.05, 0.1) is 27.8 Å². The van der Waals surface area contributed by atoms with Crippen molar-refractivity contribution in [2.24, 2.45) is 17.5 Å². The van der Waals surface area contributed by atoms with Gasteiger partial charge >= 0.3 is 5.97 Å². The molecule has 2 amide bonds. The fraction of sp³-hybridized carbons (Fsp3) is 0.265. The van der Waals surface area contributed by atoms with Gasteiger partial charge in [0, 0.05) is 36.4 Å². The standard InChI is InChI=1S/C49H50N4O9S2/c1-31-20-24-36(25-21-31)63(57,58)44-42(33-14-9-7-10-15-33)38(50-46(44)52-48(56)49(3,4)5)28-39-43(34-16-11-8-12-17-34)45(64(59,60)37-26-22-32(2)23-27-37)47(53(39)6)51-40(54)18-13-19-41(55)62-30-35-29-61-35/h7-12,14-17,20-28,35H,13,18-19,29-30H2,1-6H3,(H,51,54)(H,50,52,56)/b38-28-. The van der Waals surface area contributed by atoms with Crippen LogP contribution in [0, 0.1) is 19.3 Å². The number of carbonyl (C=O) groups excluding carboxylic acids is 3. The molecule has 64 heavy (non-hydrogen) atoms. The maximum atomic E-state index is 15.1. The number of allylic oxidation sites excluding steroid dienone is 1. The minimum atomic E-state index is -4.42. The molecule has 0 spiro atoms. The van der Waals surface area contributed by atoms with Crippen LogP contribution in [0.2, 0.25) is 0 Å². The second-order valence-electron chi connectivity index (χ2n) is 16.8. The number of nitrogens with zero attached hydrogens (tertiary/aromatic N) is 2. The lowest BCUT2D eigenvalue weighted by Crippen LogP contribution is -2.40. The summed E-state index contributed by atoms with van der Waals surface area (Å²) in [5.74, 6) is -1.79. The number of hydrogen-bond acceptors (Lipinski definition) is 10. The van der Waals surface area contributed by atoms with Crippen molar-refractivity contribution in [2.75, 3.05) is 18.5 Å². The van der Waals surface area contributed by atoms with Crippen LogP contribution in [0.1, 0.15) is 62.4 Å². The quantitative estimate of drug-likeness (QED) is 0.0824. The van der Waals surface area contributed by atoms with Gasteiger partial charge in [0.2, 0.25) is 31.5 Å². The molecule has 2 N–H and O–H groups in total. The Morgan fingerprint density at radius 1 is 0.781 bits per heavy atom. The smallest absolute Gasteiger partial charge is 0.305 e. The Morgan fingerprint density at radius 2 is 1.33 bits per heavy atom. The molecule has 1 atom stereocenters. The number of esters is 1. The average Bonchev–Trinajstić information content (AvgIpc) is 3.97. The third kappa shape index (κ3) is 9.86. The summed E-state index contributed by atoms with van der Waals surface area (Å²) in [6, 6.07) is 30.2. The molecule has 0 aliphatic carbocycles. The van der Waals surface area contributed by atoms with Gasteiger partial charge in [-0.15, -0.1) is 0 Å². The zero-order chi connectivity index (χ0) is 46.0. The Hall–Kier alpha value is -6.42. The van der Waals surface area contributed by atoms with E-state index in [0.29, 0.717) is 17.7 Å². The summed E-state index contributed by atoms with van der Waals surface area (Å²) < 4.78 is 71.9. The highest BCUT2D eigenvalue weighted by atomic mass is 32.2. The van der Waals surface area contributed by atoms with E-state index in [9.17, 15) is 22.8 Å². The fourth-order valence-corrected chi connectivity index (χ4v) is 10.3. The van der Waals surface area contributed by atoms with Crippen LogP contribution in [0.4, 0.5) is 5.82 Å². The highest BCUT2D eigenvalue weighted by Crippen LogP contribution is 2.45. The number of rotatable bonds is 14. The number of epoxide rings is 1. The van der Waals surface area contributed by atoms with Gasteiger partial charge in [-0.05, 0) is 61.7 Å². The zero-order valence-electron chi connectivity index (χ0n) is 36.5. The van der Waals surface area contributed by atoms with E-state index in [1.54, 1.807) is 119 Å². The molecule has 2 aliphatic heterocycles. The molecule has 332 valence electrons. The minimum absolute atomic E-state index is 0.0222. The SMILES string of the molecule is Cc1ccc(S(=O)(=O)C2=C(c3ccccc3)/C(=C/c3c(-c4ccccc4)c(S(=O)(=O)c4ccc(C)cc4)c(NC(=O)CCCC(=O)OCC4CO4)n3C)N=C2NC(=O)C(C)(C)C)cc1. The van der Waals surface area contributed by atoms with Gasteiger partial charge in [-0.1, -0.05) is 117 Å². The van der Waals surface area contributed by atoms with Crippen LogP contribution >= 0.6 is 0 Å². The van der Waals surface area contributed by atoms with E-state index < -0.39 is 42.9 Å². The van der Waals surface area contributed by atoms with Crippen molar-refractivity contribution in [3.05, 3.63) is 142 Å². The maximum absolute atomic E-state index is 15.1. The number of aromatic nitrogens is 1. The van der Waals surface area contributed by atoms with Crippen LogP contribution in [0.3, 0.4) is 0 Å². The molecule has 1 fully saturated rings. The van der Waals surface area contributed by atoms with Gasteiger partial charge in [-0.25, -0.2) is 21.8 Å². The molecule has 0 radical (unpaired) electrons. The largest absolute Gasteiger partial charge is 0.463 e. The summed E-state index contributed by atoms with van der Waals surface area (Å²) >= 11 is 0. The molecule has 13 nitrogen and oxygen atoms in total. The Bertz CT molecular complexity index is 2930. The van der Waals surface area contributed by atoms with Gasteiger partial charge in [-0.2, -0.15) is 0 Å². The van der Waals surface area contributed by atoms with E-state index in [2.05, 4.69) is 10.6 Å². The first-order valence-electron chi connectivity index (χ1n) is 20.8. The number of sulfone groups is 2. The average molecular weight is 903 g/mol. The zero-order valence-corrected chi connectivity index (χ0v) is 38.1. The van der Waals surface area contributed by atoms with Crippen molar-refractivity contribution < 1.29 is 40.7 Å². The monoisotopic (exact) mass is 902 g/mol. The Kier molecular flexibility index (Phi) is 13.1. The fourth-order valence-electron chi connectivity index (χ4n) is 7.03. The third-order valence-electron chi connectivity index (χ3n) is 10.7. The van der Waals surface area contributed by atoms with E-state index >= 15 is 8.42 Å². The molecule has 1 aromatic heterocycles. The second-order valence-corrected chi connectivity index (χ2v) is 20.6. The lowest BCUT2D eigenvalue weighted by Gasteiger charge is -2.19. The molecule has 2 aliphatic rings. The van der Waals surface area contributed by atoms with Crippen molar-refractivity contribution in [3.8, 4) is 11.1 Å². The molecular weight excluding hydrogens is 853 g/mol. The second kappa shape index (κ2) is 18.4. The number of benzene rings is 4. The number of amides is 2. The Labute approximate surface area is 373 Å². The highest BCUT2D eigenvalue weighted by molar-refractivity contribution is 7.96. The van der Waals surface area contributed by atoms with Crippen molar-refractivity contribution >= 4 is 60.8 Å². The molecule has 4 aromatic carbocycles. The number of hydrogen-bond donors (Lipinski definition) is 2. The number of aryl methyl sites for hydroxylation is 2. The number of ether oxygens (including phenoxy) is 2. The van der Waals surface area contributed by atoms with Crippen LogP contribution in [0.5, 0.6) is 0 Å². The third-order valence-corrected chi connectivity index (χ3v) is 14.4. The van der Waals surface area contributed by atoms with E-state index in [4.69, 9.17) is 14.5 Å². The van der Waals surface area contributed by atoms with Crippen LogP contribution in [-0.4, -0.2) is 64.3 Å². The number of aliphatic imine (C=N–C) groups is 1. The van der Waals surface area contributed by atoms with Crippen molar-refractivity contribution in [2.45, 2.75) is 74.7 Å². The van der Waals surface area contributed by atoms with Crippen molar-refractivity contribution in [3.63, 3.8) is 0 Å². The lowest BCUT2D eigenvalue weighted by molar-refractivity contribution is -0.144. The molecule has 5 aromatic rings. The molecule has 7 rings (SSSR count). The van der Waals surface area contributed by atoms with Crippen LogP contribution < -0.4 is 10.6 Å². The molecule has 1 unspecified atom stereocenters. The van der Waals surface area contributed by atoms with E-state index in [1.165, 1.54) is 28.8 Å². The maximum Gasteiger partial charge on any atom is 0.305 e. The summed E-state index contributed by atoms with van der Waals surface area (Å²) in [5, 5.41) is 5.66. The number of amidine groups is 1. The first-order chi connectivity index (χ1) is 30.4. The van der Waals surface area contributed by atoms with Crippen LogP contribution in [0.15, 0.2) is 139 Å². The number of anilines is 1. The molecular formula is C49H50N4O9S2. The summed E-state index contributed by atoms with van der Waals surface area (Å²) in [5.41, 5.74) is 2.39. The van der Waals surface area contributed by atoms with Gasteiger partial charge in [-0.3, -0.25) is 14.4 Å². The Morgan fingerprint density at radius 3 is 1.88 bits per heavy atom.